The average molecular weight is 373 g/mol. The van der Waals surface area contributed by atoms with Crippen molar-refractivity contribution in [3.63, 3.8) is 0 Å². The van der Waals surface area contributed by atoms with Gasteiger partial charge in [0.2, 0.25) is 11.8 Å². The highest BCUT2D eigenvalue weighted by Gasteiger charge is 2.23. The van der Waals surface area contributed by atoms with Crippen molar-refractivity contribution < 1.29 is 9.59 Å². The lowest BCUT2D eigenvalue weighted by molar-refractivity contribution is -0.136. The molecule has 0 unspecified atom stereocenters. The third-order valence-corrected chi connectivity index (χ3v) is 4.57. The summed E-state index contributed by atoms with van der Waals surface area (Å²) in [6.45, 7) is 3.03. The lowest BCUT2D eigenvalue weighted by atomic mass is 10.2. The maximum Gasteiger partial charge on any atom is 0.232 e. The Kier molecular flexibility index (Phi) is 6.07. The van der Waals surface area contributed by atoms with Gasteiger partial charge in [0.15, 0.2) is 0 Å². The van der Waals surface area contributed by atoms with E-state index in [-0.39, 0.29) is 18.2 Å². The molecule has 26 heavy (non-hydrogen) atoms. The zero-order chi connectivity index (χ0) is 18.4. The van der Waals surface area contributed by atoms with E-state index < -0.39 is 0 Å². The van der Waals surface area contributed by atoms with Crippen molar-refractivity contribution in [3.8, 4) is 0 Å². The van der Waals surface area contributed by atoms with E-state index in [1.165, 1.54) is 0 Å². The fraction of sp³-hybridized carbons (Fsp3) is 0.316. The standard InChI is InChI=1S/C19H21ClN4O2/c20-16-4-1-5-17(11-16)23-7-9-24(10-8-23)19(26)12-18(25)22-14-15-3-2-6-21-13-15/h1-6,11,13H,7-10,12,14H2,(H,22,25). The number of hydrogen-bond acceptors (Lipinski definition) is 4. The zero-order valence-electron chi connectivity index (χ0n) is 14.4. The first-order valence-corrected chi connectivity index (χ1v) is 8.93. The van der Waals surface area contributed by atoms with E-state index in [9.17, 15) is 9.59 Å². The van der Waals surface area contributed by atoms with E-state index in [1.54, 1.807) is 17.3 Å². The molecule has 0 saturated carbocycles. The van der Waals surface area contributed by atoms with Crippen LogP contribution in [-0.2, 0) is 16.1 Å². The minimum atomic E-state index is -0.267. The number of piperazine rings is 1. The number of carbonyl (C=O) groups is 2. The quantitative estimate of drug-likeness (QED) is 0.816. The molecule has 0 atom stereocenters. The number of nitrogens with zero attached hydrogens (tertiary/aromatic N) is 3. The number of aromatic nitrogens is 1. The van der Waals surface area contributed by atoms with E-state index in [0.29, 0.717) is 24.7 Å². The highest BCUT2D eigenvalue weighted by molar-refractivity contribution is 6.30. The van der Waals surface area contributed by atoms with E-state index in [0.717, 1.165) is 24.3 Å². The summed E-state index contributed by atoms with van der Waals surface area (Å²) in [4.78, 5) is 32.2. The molecule has 1 aromatic carbocycles. The largest absolute Gasteiger partial charge is 0.368 e. The molecular weight excluding hydrogens is 352 g/mol. The van der Waals surface area contributed by atoms with Crippen molar-refractivity contribution in [1.82, 2.24) is 15.2 Å². The van der Waals surface area contributed by atoms with Crippen molar-refractivity contribution in [2.45, 2.75) is 13.0 Å². The van der Waals surface area contributed by atoms with Gasteiger partial charge < -0.3 is 15.1 Å². The van der Waals surface area contributed by atoms with Crippen molar-refractivity contribution >= 4 is 29.1 Å². The molecule has 1 aliphatic rings. The summed E-state index contributed by atoms with van der Waals surface area (Å²) in [6.07, 6.45) is 3.24. The molecular formula is C19H21ClN4O2. The number of anilines is 1. The first-order valence-electron chi connectivity index (χ1n) is 8.56. The third-order valence-electron chi connectivity index (χ3n) is 4.33. The Morgan fingerprint density at radius 2 is 1.92 bits per heavy atom. The van der Waals surface area contributed by atoms with Crippen molar-refractivity contribution in [2.75, 3.05) is 31.1 Å². The van der Waals surface area contributed by atoms with Crippen LogP contribution in [0.25, 0.3) is 0 Å². The Morgan fingerprint density at radius 3 is 2.62 bits per heavy atom. The zero-order valence-corrected chi connectivity index (χ0v) is 15.2. The highest BCUT2D eigenvalue weighted by Crippen LogP contribution is 2.20. The predicted molar refractivity (Wildman–Crippen MR) is 101 cm³/mol. The number of rotatable bonds is 5. The lowest BCUT2D eigenvalue weighted by Crippen LogP contribution is -2.49. The summed E-state index contributed by atoms with van der Waals surface area (Å²) in [5.74, 6) is -0.407. The van der Waals surface area contributed by atoms with Gasteiger partial charge in [-0.15, -0.1) is 0 Å². The second-order valence-electron chi connectivity index (χ2n) is 6.16. The van der Waals surface area contributed by atoms with Gasteiger partial charge in [0, 0.05) is 55.8 Å². The average Bonchev–Trinajstić information content (AvgIpc) is 2.67. The predicted octanol–water partition coefficient (Wildman–Crippen LogP) is 2.09. The third kappa shape index (κ3) is 4.95. The molecule has 136 valence electrons. The fourth-order valence-corrected chi connectivity index (χ4v) is 3.09. The molecule has 1 aliphatic heterocycles. The van der Waals surface area contributed by atoms with Crippen LogP contribution in [0.15, 0.2) is 48.8 Å². The lowest BCUT2D eigenvalue weighted by Gasteiger charge is -2.36. The summed E-state index contributed by atoms with van der Waals surface area (Å²) in [7, 11) is 0. The van der Waals surface area contributed by atoms with Gasteiger partial charge in [0.25, 0.3) is 0 Å². The van der Waals surface area contributed by atoms with E-state index in [4.69, 9.17) is 11.6 Å². The molecule has 2 aromatic rings. The Morgan fingerprint density at radius 1 is 1.12 bits per heavy atom. The molecule has 2 heterocycles. The first kappa shape index (κ1) is 18.2. The van der Waals surface area contributed by atoms with Crippen LogP contribution in [0.1, 0.15) is 12.0 Å². The Hall–Kier alpha value is -2.60. The normalized spacial score (nSPS) is 14.2. The second kappa shape index (κ2) is 8.67. The van der Waals surface area contributed by atoms with Gasteiger partial charge in [0.1, 0.15) is 6.42 Å². The van der Waals surface area contributed by atoms with E-state index >= 15 is 0 Å². The van der Waals surface area contributed by atoms with Crippen LogP contribution in [0.4, 0.5) is 5.69 Å². The number of amides is 2. The Labute approximate surface area is 157 Å². The number of benzene rings is 1. The van der Waals surface area contributed by atoms with Gasteiger partial charge in [-0.25, -0.2) is 0 Å². The molecule has 0 bridgehead atoms. The molecule has 7 heteroatoms. The molecule has 1 aromatic heterocycles. The molecule has 1 saturated heterocycles. The van der Waals surface area contributed by atoms with Crippen molar-refractivity contribution in [2.24, 2.45) is 0 Å². The molecule has 0 aliphatic carbocycles. The Balaban J connectivity index is 1.44. The van der Waals surface area contributed by atoms with Gasteiger partial charge in [-0.1, -0.05) is 23.7 Å². The monoisotopic (exact) mass is 372 g/mol. The molecule has 3 rings (SSSR count). The van der Waals surface area contributed by atoms with Crippen LogP contribution >= 0.6 is 11.6 Å². The molecule has 2 amide bonds. The highest BCUT2D eigenvalue weighted by atomic mass is 35.5. The van der Waals surface area contributed by atoms with Crippen LogP contribution in [0, 0.1) is 0 Å². The number of pyridine rings is 1. The minimum Gasteiger partial charge on any atom is -0.368 e. The van der Waals surface area contributed by atoms with Crippen LogP contribution in [0.2, 0.25) is 5.02 Å². The van der Waals surface area contributed by atoms with Gasteiger partial charge in [-0.2, -0.15) is 0 Å². The summed E-state index contributed by atoms with van der Waals surface area (Å²) in [5.41, 5.74) is 1.96. The van der Waals surface area contributed by atoms with Crippen molar-refractivity contribution in [3.05, 3.63) is 59.4 Å². The van der Waals surface area contributed by atoms with Gasteiger partial charge in [-0.3, -0.25) is 14.6 Å². The smallest absolute Gasteiger partial charge is 0.232 e. The van der Waals surface area contributed by atoms with Crippen LogP contribution in [0.5, 0.6) is 0 Å². The van der Waals surface area contributed by atoms with Gasteiger partial charge in [-0.05, 0) is 29.8 Å². The maximum absolute atomic E-state index is 12.3. The first-order chi connectivity index (χ1) is 12.6. The summed E-state index contributed by atoms with van der Waals surface area (Å²) < 4.78 is 0. The second-order valence-corrected chi connectivity index (χ2v) is 6.60. The van der Waals surface area contributed by atoms with Crippen molar-refractivity contribution in [1.29, 1.82) is 0 Å². The van der Waals surface area contributed by atoms with Crippen LogP contribution in [-0.4, -0.2) is 47.9 Å². The van der Waals surface area contributed by atoms with Gasteiger partial charge >= 0.3 is 0 Å². The molecule has 0 radical (unpaired) electrons. The Bertz CT molecular complexity index is 761. The number of halogens is 1. The number of nitrogens with one attached hydrogen (secondary N) is 1. The molecule has 1 fully saturated rings. The maximum atomic E-state index is 12.3. The number of carbonyl (C=O) groups excluding carboxylic acids is 2. The summed E-state index contributed by atoms with van der Waals surface area (Å²) >= 11 is 6.03. The summed E-state index contributed by atoms with van der Waals surface area (Å²) in [6, 6.07) is 11.4. The molecule has 1 N–H and O–H groups in total. The molecule has 0 spiro atoms. The topological polar surface area (TPSA) is 65.5 Å². The molecule has 6 nitrogen and oxygen atoms in total. The van der Waals surface area contributed by atoms with Gasteiger partial charge in [0.05, 0.1) is 0 Å². The fourth-order valence-electron chi connectivity index (χ4n) is 2.90. The van der Waals surface area contributed by atoms with Crippen LogP contribution < -0.4 is 10.2 Å². The SMILES string of the molecule is O=C(CC(=O)N1CCN(c2cccc(Cl)c2)CC1)NCc1cccnc1. The van der Waals surface area contributed by atoms with E-state index in [2.05, 4.69) is 15.2 Å². The number of hydrogen-bond donors (Lipinski definition) is 1. The van der Waals surface area contributed by atoms with Crippen LogP contribution in [0.3, 0.4) is 0 Å². The summed E-state index contributed by atoms with van der Waals surface area (Å²) in [5, 5.41) is 3.46. The minimum absolute atomic E-state index is 0.128. The van der Waals surface area contributed by atoms with E-state index in [1.807, 2.05) is 36.4 Å².